The van der Waals surface area contributed by atoms with Crippen LogP contribution in [-0.2, 0) is 6.54 Å². The van der Waals surface area contributed by atoms with Gasteiger partial charge in [0.1, 0.15) is 10.5 Å². The Balaban J connectivity index is 2.06. The summed E-state index contributed by atoms with van der Waals surface area (Å²) in [4.78, 5) is 0. The largest absolute Gasteiger partial charge is 0.465 e. The Morgan fingerprint density at radius 2 is 2.05 bits per heavy atom. The van der Waals surface area contributed by atoms with E-state index in [2.05, 4.69) is 41.5 Å². The molecule has 0 radical (unpaired) electrons. The summed E-state index contributed by atoms with van der Waals surface area (Å²) < 4.78 is 8.85. The van der Waals surface area contributed by atoms with E-state index in [0.29, 0.717) is 0 Å². The zero-order valence-electron chi connectivity index (χ0n) is 10.5. The smallest absolute Gasteiger partial charge is 0.263 e. The molecule has 0 atom stereocenters. The van der Waals surface area contributed by atoms with Crippen LogP contribution in [0.15, 0.2) is 59.7 Å². The van der Waals surface area contributed by atoms with Crippen LogP contribution in [0, 0.1) is 0 Å². The van der Waals surface area contributed by atoms with Crippen LogP contribution in [0.4, 0.5) is 0 Å². The van der Waals surface area contributed by atoms with Gasteiger partial charge >= 0.3 is 0 Å². The first-order chi connectivity index (χ1) is 9.38. The number of hydrogen-bond donors (Lipinski definition) is 0. The van der Waals surface area contributed by atoms with Crippen molar-refractivity contribution in [3.63, 3.8) is 0 Å². The molecule has 3 heteroatoms. The fourth-order valence-corrected chi connectivity index (χ4v) is 3.11. The molecule has 0 amide bonds. The maximum atomic E-state index is 5.32. The molecule has 0 N–H and O–H groups in total. The zero-order valence-corrected chi connectivity index (χ0v) is 11.3. The van der Waals surface area contributed by atoms with Gasteiger partial charge in [-0.2, -0.15) is 4.57 Å². The van der Waals surface area contributed by atoms with Gasteiger partial charge in [0, 0.05) is 12.1 Å². The van der Waals surface area contributed by atoms with Gasteiger partial charge in [0.15, 0.2) is 6.54 Å². The molecular formula is C16H14NOS+. The standard InChI is InChI=1S/C16H14NOS/c1-2-11-17-14-7-3-4-8-15(14)19-16(17)10-9-13-6-5-12-18-13/h2-10,12H,1,11H2/q+1. The third-order valence-corrected chi connectivity index (χ3v) is 4.01. The summed E-state index contributed by atoms with van der Waals surface area (Å²) in [6.45, 7) is 4.64. The molecule has 0 saturated heterocycles. The molecule has 2 aromatic heterocycles. The van der Waals surface area contributed by atoms with E-state index in [1.807, 2.05) is 24.3 Å². The number of allylic oxidation sites excluding steroid dienone is 1. The minimum Gasteiger partial charge on any atom is -0.465 e. The van der Waals surface area contributed by atoms with Crippen molar-refractivity contribution >= 4 is 33.7 Å². The molecule has 0 unspecified atom stereocenters. The number of aromatic nitrogens is 1. The first-order valence-corrected chi connectivity index (χ1v) is 6.94. The number of benzene rings is 1. The number of fused-ring (bicyclic) bond motifs is 1. The summed E-state index contributed by atoms with van der Waals surface area (Å²) in [6, 6.07) is 12.2. The fourth-order valence-electron chi connectivity index (χ4n) is 2.03. The Hall–Kier alpha value is -2.13. The molecule has 0 bridgehead atoms. The Bertz CT molecular complexity index is 722. The van der Waals surface area contributed by atoms with E-state index in [4.69, 9.17) is 4.42 Å². The van der Waals surface area contributed by atoms with Gasteiger partial charge in [0.25, 0.3) is 5.01 Å². The third kappa shape index (κ3) is 2.37. The van der Waals surface area contributed by atoms with Crippen molar-refractivity contribution in [2.45, 2.75) is 6.54 Å². The van der Waals surface area contributed by atoms with E-state index < -0.39 is 0 Å². The highest BCUT2D eigenvalue weighted by Gasteiger charge is 2.16. The number of nitrogens with zero attached hydrogens (tertiary/aromatic N) is 1. The van der Waals surface area contributed by atoms with Crippen LogP contribution in [0.5, 0.6) is 0 Å². The van der Waals surface area contributed by atoms with Gasteiger partial charge in [-0.05, 0) is 30.4 Å². The van der Waals surface area contributed by atoms with E-state index in [1.165, 1.54) is 15.2 Å². The Kier molecular flexibility index (Phi) is 3.29. The fraction of sp³-hybridized carbons (Fsp3) is 0.0625. The molecule has 94 valence electrons. The Morgan fingerprint density at radius 1 is 1.16 bits per heavy atom. The first kappa shape index (κ1) is 11.9. The van der Waals surface area contributed by atoms with Crippen molar-refractivity contribution in [3.8, 4) is 0 Å². The van der Waals surface area contributed by atoms with Crippen LogP contribution in [0.3, 0.4) is 0 Å². The molecule has 19 heavy (non-hydrogen) atoms. The first-order valence-electron chi connectivity index (χ1n) is 6.12. The molecule has 1 aromatic carbocycles. The second-order valence-corrected chi connectivity index (χ2v) is 5.22. The predicted octanol–water partition coefficient (Wildman–Crippen LogP) is 4.14. The Labute approximate surface area is 115 Å². The van der Waals surface area contributed by atoms with Crippen LogP contribution in [0.25, 0.3) is 22.4 Å². The van der Waals surface area contributed by atoms with Crippen molar-refractivity contribution in [1.29, 1.82) is 0 Å². The number of hydrogen-bond acceptors (Lipinski definition) is 2. The van der Waals surface area contributed by atoms with Crippen molar-refractivity contribution in [2.24, 2.45) is 0 Å². The van der Waals surface area contributed by atoms with E-state index in [1.54, 1.807) is 17.6 Å². The second kappa shape index (κ2) is 5.24. The van der Waals surface area contributed by atoms with Crippen molar-refractivity contribution in [2.75, 3.05) is 0 Å². The van der Waals surface area contributed by atoms with Gasteiger partial charge in [-0.25, -0.2) is 0 Å². The lowest BCUT2D eigenvalue weighted by molar-refractivity contribution is -0.658. The van der Waals surface area contributed by atoms with E-state index in [-0.39, 0.29) is 0 Å². The molecule has 2 heterocycles. The molecule has 0 aliphatic carbocycles. The molecule has 0 aliphatic heterocycles. The van der Waals surface area contributed by atoms with Gasteiger partial charge in [-0.15, -0.1) is 0 Å². The monoisotopic (exact) mass is 268 g/mol. The molecular weight excluding hydrogens is 254 g/mol. The van der Waals surface area contributed by atoms with Gasteiger partial charge in [0.05, 0.1) is 6.26 Å². The van der Waals surface area contributed by atoms with Gasteiger partial charge in [-0.3, -0.25) is 0 Å². The molecule has 0 spiro atoms. The highest BCUT2D eigenvalue weighted by molar-refractivity contribution is 7.18. The number of furan rings is 1. The van der Waals surface area contributed by atoms with Crippen LogP contribution >= 0.6 is 11.3 Å². The number of para-hydroxylation sites is 1. The summed E-state index contributed by atoms with van der Waals surface area (Å²) in [6.07, 6.45) is 7.68. The predicted molar refractivity (Wildman–Crippen MR) is 79.9 cm³/mol. The van der Waals surface area contributed by atoms with Crippen LogP contribution in [0.2, 0.25) is 0 Å². The average molecular weight is 268 g/mol. The van der Waals surface area contributed by atoms with E-state index in [0.717, 1.165) is 12.3 Å². The normalized spacial score (nSPS) is 11.4. The summed E-state index contributed by atoms with van der Waals surface area (Å²) in [7, 11) is 0. The minimum absolute atomic E-state index is 0.807. The van der Waals surface area contributed by atoms with Crippen LogP contribution in [0.1, 0.15) is 10.8 Å². The third-order valence-electron chi connectivity index (χ3n) is 2.88. The van der Waals surface area contributed by atoms with Crippen molar-refractivity contribution in [1.82, 2.24) is 0 Å². The topological polar surface area (TPSA) is 17.0 Å². The van der Waals surface area contributed by atoms with Gasteiger partial charge < -0.3 is 4.42 Å². The Morgan fingerprint density at radius 3 is 2.84 bits per heavy atom. The number of rotatable bonds is 4. The lowest BCUT2D eigenvalue weighted by Gasteiger charge is -1.91. The highest BCUT2D eigenvalue weighted by Crippen LogP contribution is 2.21. The second-order valence-electron chi connectivity index (χ2n) is 4.16. The molecule has 0 fully saturated rings. The zero-order chi connectivity index (χ0) is 13.1. The molecule has 0 saturated carbocycles. The van der Waals surface area contributed by atoms with Gasteiger partial charge in [0.2, 0.25) is 5.52 Å². The van der Waals surface area contributed by atoms with Crippen molar-refractivity contribution in [3.05, 3.63) is 66.1 Å². The van der Waals surface area contributed by atoms with Crippen LogP contribution < -0.4 is 4.57 Å². The number of thiazole rings is 1. The van der Waals surface area contributed by atoms with E-state index >= 15 is 0 Å². The van der Waals surface area contributed by atoms with E-state index in [9.17, 15) is 0 Å². The lowest BCUT2D eigenvalue weighted by Crippen LogP contribution is -2.33. The maximum Gasteiger partial charge on any atom is 0.263 e. The summed E-state index contributed by atoms with van der Waals surface area (Å²) in [5.41, 5.74) is 1.24. The lowest BCUT2D eigenvalue weighted by atomic mass is 10.3. The highest BCUT2D eigenvalue weighted by atomic mass is 32.1. The summed E-state index contributed by atoms with van der Waals surface area (Å²) in [5.74, 6) is 0.864. The summed E-state index contributed by atoms with van der Waals surface area (Å²) >= 11 is 1.77. The molecule has 3 rings (SSSR count). The maximum absolute atomic E-state index is 5.32. The quantitative estimate of drug-likeness (QED) is 0.513. The van der Waals surface area contributed by atoms with Crippen molar-refractivity contribution < 1.29 is 8.98 Å². The molecule has 3 aromatic rings. The minimum atomic E-state index is 0.807. The summed E-state index contributed by atoms with van der Waals surface area (Å²) in [5, 5.41) is 1.19. The molecule has 0 aliphatic rings. The van der Waals surface area contributed by atoms with Crippen LogP contribution in [-0.4, -0.2) is 0 Å². The average Bonchev–Trinajstić information content (AvgIpc) is 3.05. The molecule has 2 nitrogen and oxygen atoms in total. The SMILES string of the molecule is C=CC[n+]1c(C=Cc2ccco2)sc2ccccc21. The van der Waals surface area contributed by atoms with Gasteiger partial charge in [-0.1, -0.05) is 30.0 Å².